The lowest BCUT2D eigenvalue weighted by atomic mass is 9.99. The van der Waals surface area contributed by atoms with Crippen LogP contribution in [0.1, 0.15) is 52.7 Å². The molecule has 10 heteroatoms. The summed E-state index contributed by atoms with van der Waals surface area (Å²) in [5.74, 6) is 0.315. The van der Waals surface area contributed by atoms with Crippen LogP contribution in [0.2, 0.25) is 0 Å². The first kappa shape index (κ1) is 28.7. The minimum Gasteiger partial charge on any atom is -0.497 e. The maximum Gasteiger partial charge on any atom is 0.573 e. The summed E-state index contributed by atoms with van der Waals surface area (Å²) in [4.78, 5) is 29.6. The van der Waals surface area contributed by atoms with Gasteiger partial charge in [0.15, 0.2) is 0 Å². The molecule has 7 nitrogen and oxygen atoms in total. The standard InChI is InChI=1S/C29H35F3N2O5/c1-19-15-25(37-3)16-20(2)27(19)28(36)34-13-9-23(10-14-34)38-22-7-11-33(12-8-22)26(35)18-21-5-4-6-24(17-21)39-29(30,31)32/h4-6,15-17,22-23H,7-14,18H2,1-3H3. The highest BCUT2D eigenvalue weighted by atomic mass is 19.4. The van der Waals surface area contributed by atoms with E-state index >= 15 is 0 Å². The van der Waals surface area contributed by atoms with Crippen molar-refractivity contribution < 1.29 is 37.0 Å². The monoisotopic (exact) mass is 548 g/mol. The molecule has 0 spiro atoms. The normalized spacial score (nSPS) is 17.3. The fourth-order valence-corrected chi connectivity index (χ4v) is 5.38. The van der Waals surface area contributed by atoms with Crippen LogP contribution in [0.3, 0.4) is 0 Å². The number of likely N-dealkylation sites (tertiary alicyclic amines) is 2. The number of aryl methyl sites for hydroxylation is 2. The van der Waals surface area contributed by atoms with Gasteiger partial charge in [0.2, 0.25) is 5.91 Å². The van der Waals surface area contributed by atoms with Crippen molar-refractivity contribution in [2.45, 2.75) is 64.5 Å². The molecule has 2 amide bonds. The van der Waals surface area contributed by atoms with Gasteiger partial charge in [-0.1, -0.05) is 12.1 Å². The molecule has 0 unspecified atom stereocenters. The predicted octanol–water partition coefficient (Wildman–Crippen LogP) is 5.07. The van der Waals surface area contributed by atoms with Gasteiger partial charge < -0.3 is 24.0 Å². The van der Waals surface area contributed by atoms with Gasteiger partial charge in [-0.15, -0.1) is 13.2 Å². The third-order valence-electron chi connectivity index (χ3n) is 7.35. The van der Waals surface area contributed by atoms with E-state index in [2.05, 4.69) is 4.74 Å². The van der Waals surface area contributed by atoms with Crippen molar-refractivity contribution in [2.75, 3.05) is 33.3 Å². The maximum absolute atomic E-state index is 13.2. The number of halogens is 3. The Hall–Kier alpha value is -3.27. The smallest absolute Gasteiger partial charge is 0.497 e. The zero-order valence-corrected chi connectivity index (χ0v) is 22.6. The third kappa shape index (κ3) is 7.65. The van der Waals surface area contributed by atoms with Crippen LogP contribution in [-0.4, -0.2) is 73.5 Å². The van der Waals surface area contributed by atoms with Crippen molar-refractivity contribution in [1.82, 2.24) is 9.80 Å². The average Bonchev–Trinajstić information content (AvgIpc) is 2.88. The van der Waals surface area contributed by atoms with Crippen molar-refractivity contribution in [2.24, 2.45) is 0 Å². The van der Waals surface area contributed by atoms with Crippen LogP contribution in [0.4, 0.5) is 13.2 Å². The number of carbonyl (C=O) groups excluding carboxylic acids is 2. The van der Waals surface area contributed by atoms with Gasteiger partial charge in [0, 0.05) is 31.7 Å². The first-order valence-corrected chi connectivity index (χ1v) is 13.2. The summed E-state index contributed by atoms with van der Waals surface area (Å²) in [6, 6.07) is 9.29. The Bertz CT molecular complexity index is 1150. The van der Waals surface area contributed by atoms with E-state index in [0.29, 0.717) is 44.6 Å². The number of piperidine rings is 2. The average molecular weight is 549 g/mol. The number of methoxy groups -OCH3 is 1. The molecule has 0 bridgehead atoms. The summed E-state index contributed by atoms with van der Waals surface area (Å²) in [5, 5.41) is 0. The Balaban J connectivity index is 1.21. The molecule has 212 valence electrons. The highest BCUT2D eigenvalue weighted by Gasteiger charge is 2.32. The molecule has 2 aromatic rings. The number of hydrogen-bond acceptors (Lipinski definition) is 5. The molecule has 39 heavy (non-hydrogen) atoms. The van der Waals surface area contributed by atoms with Crippen molar-refractivity contribution in [3.05, 3.63) is 58.7 Å². The Morgan fingerprint density at radius 3 is 1.97 bits per heavy atom. The Labute approximate surface area is 226 Å². The van der Waals surface area contributed by atoms with Crippen LogP contribution in [0.5, 0.6) is 11.5 Å². The van der Waals surface area contributed by atoms with E-state index < -0.39 is 6.36 Å². The Morgan fingerprint density at radius 1 is 0.872 bits per heavy atom. The van der Waals surface area contributed by atoms with Crippen molar-refractivity contribution in [3.8, 4) is 11.5 Å². The van der Waals surface area contributed by atoms with Gasteiger partial charge in [-0.2, -0.15) is 0 Å². The molecule has 4 rings (SSSR count). The molecule has 0 N–H and O–H groups in total. The van der Waals surface area contributed by atoms with Crippen LogP contribution in [0.15, 0.2) is 36.4 Å². The first-order valence-electron chi connectivity index (χ1n) is 13.2. The van der Waals surface area contributed by atoms with Crippen LogP contribution >= 0.6 is 0 Å². The van der Waals surface area contributed by atoms with E-state index in [-0.39, 0.29) is 36.2 Å². The van der Waals surface area contributed by atoms with Gasteiger partial charge >= 0.3 is 6.36 Å². The summed E-state index contributed by atoms with van der Waals surface area (Å²) >= 11 is 0. The predicted molar refractivity (Wildman–Crippen MR) is 139 cm³/mol. The van der Waals surface area contributed by atoms with E-state index in [1.165, 1.54) is 18.2 Å². The molecule has 0 radical (unpaired) electrons. The zero-order chi connectivity index (χ0) is 28.2. The molecule has 0 atom stereocenters. The molecule has 2 aliphatic heterocycles. The van der Waals surface area contributed by atoms with Gasteiger partial charge in [-0.05, 0) is 80.5 Å². The fourth-order valence-electron chi connectivity index (χ4n) is 5.38. The fraction of sp³-hybridized carbons (Fsp3) is 0.517. The second-order valence-electron chi connectivity index (χ2n) is 10.2. The lowest BCUT2D eigenvalue weighted by molar-refractivity contribution is -0.274. The molecular formula is C29H35F3N2O5. The largest absolute Gasteiger partial charge is 0.573 e. The summed E-state index contributed by atoms with van der Waals surface area (Å²) in [6.07, 6.45) is -1.73. The molecule has 2 fully saturated rings. The van der Waals surface area contributed by atoms with E-state index in [1.54, 1.807) is 18.1 Å². The Kier molecular flexibility index (Phi) is 9.04. The van der Waals surface area contributed by atoms with Crippen LogP contribution < -0.4 is 9.47 Å². The molecule has 2 aromatic carbocycles. The molecular weight excluding hydrogens is 513 g/mol. The lowest BCUT2D eigenvalue weighted by Gasteiger charge is -2.37. The second-order valence-corrected chi connectivity index (χ2v) is 10.2. The van der Waals surface area contributed by atoms with Gasteiger partial charge in [-0.25, -0.2) is 0 Å². The van der Waals surface area contributed by atoms with Crippen molar-refractivity contribution in [1.29, 1.82) is 0 Å². The number of amides is 2. The number of nitrogens with zero attached hydrogens (tertiary/aromatic N) is 2. The number of carbonyl (C=O) groups is 2. The van der Waals surface area contributed by atoms with E-state index in [9.17, 15) is 22.8 Å². The highest BCUT2D eigenvalue weighted by molar-refractivity contribution is 5.97. The summed E-state index contributed by atoms with van der Waals surface area (Å²) in [5.41, 5.74) is 3.01. The lowest BCUT2D eigenvalue weighted by Crippen LogP contribution is -2.45. The molecule has 2 heterocycles. The van der Waals surface area contributed by atoms with Crippen molar-refractivity contribution in [3.63, 3.8) is 0 Å². The third-order valence-corrected chi connectivity index (χ3v) is 7.35. The zero-order valence-electron chi connectivity index (χ0n) is 22.6. The highest BCUT2D eigenvalue weighted by Crippen LogP contribution is 2.27. The SMILES string of the molecule is COc1cc(C)c(C(=O)N2CCC(OC3CCN(C(=O)Cc4cccc(OC(F)(F)F)c4)CC3)CC2)c(C)c1. The number of ether oxygens (including phenoxy) is 3. The minimum absolute atomic E-state index is 0.0141. The number of benzene rings is 2. The molecule has 2 aliphatic rings. The summed E-state index contributed by atoms with van der Waals surface area (Å²) in [7, 11) is 1.61. The topological polar surface area (TPSA) is 68.3 Å². The van der Waals surface area contributed by atoms with Gasteiger partial charge in [0.25, 0.3) is 5.91 Å². The van der Waals surface area contributed by atoms with Gasteiger partial charge in [0.05, 0.1) is 25.7 Å². The molecule has 2 saturated heterocycles. The number of alkyl halides is 3. The van der Waals surface area contributed by atoms with Gasteiger partial charge in [0.1, 0.15) is 11.5 Å². The molecule has 0 saturated carbocycles. The van der Waals surface area contributed by atoms with E-state index in [4.69, 9.17) is 9.47 Å². The second kappa shape index (κ2) is 12.3. The van der Waals surface area contributed by atoms with E-state index in [0.717, 1.165) is 35.3 Å². The first-order chi connectivity index (χ1) is 18.5. The van der Waals surface area contributed by atoms with Crippen LogP contribution in [0, 0.1) is 13.8 Å². The van der Waals surface area contributed by atoms with Crippen LogP contribution in [0.25, 0.3) is 0 Å². The maximum atomic E-state index is 13.2. The summed E-state index contributed by atoms with van der Waals surface area (Å²) < 4.78 is 53.0. The minimum atomic E-state index is -4.77. The Morgan fingerprint density at radius 2 is 1.44 bits per heavy atom. The quantitative estimate of drug-likeness (QED) is 0.484. The van der Waals surface area contributed by atoms with E-state index in [1.807, 2.05) is 30.9 Å². The number of hydrogen-bond donors (Lipinski definition) is 0. The van der Waals surface area contributed by atoms with Crippen LogP contribution in [-0.2, 0) is 16.0 Å². The molecule has 0 aliphatic carbocycles. The molecule has 0 aromatic heterocycles. The number of rotatable bonds is 7. The van der Waals surface area contributed by atoms with Gasteiger partial charge in [-0.3, -0.25) is 9.59 Å². The van der Waals surface area contributed by atoms with Crippen molar-refractivity contribution >= 4 is 11.8 Å². The summed E-state index contributed by atoms with van der Waals surface area (Å²) in [6.45, 7) is 6.18.